The van der Waals surface area contributed by atoms with Crippen molar-refractivity contribution in [2.24, 2.45) is 0 Å². The highest BCUT2D eigenvalue weighted by molar-refractivity contribution is 6.30. The Morgan fingerprint density at radius 3 is 2.60 bits per heavy atom. The third kappa shape index (κ3) is 2.10. The minimum absolute atomic E-state index is 0.589. The van der Waals surface area contributed by atoms with E-state index in [0.717, 1.165) is 11.1 Å². The van der Waals surface area contributed by atoms with Crippen LogP contribution in [0.25, 0.3) is 11.1 Å². The summed E-state index contributed by atoms with van der Waals surface area (Å²) in [6.45, 7) is 0. The lowest BCUT2D eigenvalue weighted by molar-refractivity contribution is 0.399. The molecule has 0 atom stereocenters. The van der Waals surface area contributed by atoms with Gasteiger partial charge < -0.3 is 4.74 Å². The van der Waals surface area contributed by atoms with Crippen LogP contribution in [0.2, 0.25) is 5.02 Å². The zero-order chi connectivity index (χ0) is 10.7. The Morgan fingerprint density at radius 1 is 1.20 bits per heavy atom. The Kier molecular flexibility index (Phi) is 2.88. The van der Waals surface area contributed by atoms with Crippen molar-refractivity contribution in [3.63, 3.8) is 0 Å². The summed E-state index contributed by atoms with van der Waals surface area (Å²) in [6, 6.07) is 11.7. The molecule has 0 amide bonds. The molecule has 2 nitrogen and oxygen atoms in total. The molecule has 0 aliphatic rings. The van der Waals surface area contributed by atoms with E-state index >= 15 is 0 Å². The van der Waals surface area contributed by atoms with E-state index in [1.165, 1.54) is 0 Å². The van der Waals surface area contributed by atoms with Crippen molar-refractivity contribution in [1.29, 1.82) is 0 Å². The second-order valence-corrected chi connectivity index (χ2v) is 3.51. The van der Waals surface area contributed by atoms with E-state index in [1.807, 2.05) is 36.4 Å². The van der Waals surface area contributed by atoms with Gasteiger partial charge in [0.1, 0.15) is 0 Å². The Labute approximate surface area is 93.5 Å². The van der Waals surface area contributed by atoms with Gasteiger partial charge in [0.05, 0.1) is 12.1 Å². The zero-order valence-electron chi connectivity index (χ0n) is 8.27. The number of nitrogens with zero attached hydrogens (tertiary/aromatic N) is 1. The maximum Gasteiger partial charge on any atom is 0.221 e. The van der Waals surface area contributed by atoms with Gasteiger partial charge in [-0.05, 0) is 11.6 Å². The maximum absolute atomic E-state index is 5.91. The van der Waals surface area contributed by atoms with Gasteiger partial charge in [-0.2, -0.15) is 0 Å². The zero-order valence-corrected chi connectivity index (χ0v) is 9.03. The second-order valence-electron chi connectivity index (χ2n) is 3.08. The summed E-state index contributed by atoms with van der Waals surface area (Å²) in [5.74, 6) is 0.589. The lowest BCUT2D eigenvalue weighted by atomic mass is 10.1. The number of pyridine rings is 1. The molecule has 0 unspecified atom stereocenters. The first-order valence-corrected chi connectivity index (χ1v) is 4.94. The Hall–Kier alpha value is -1.54. The van der Waals surface area contributed by atoms with E-state index in [9.17, 15) is 0 Å². The average molecular weight is 220 g/mol. The van der Waals surface area contributed by atoms with Crippen molar-refractivity contribution in [2.45, 2.75) is 0 Å². The van der Waals surface area contributed by atoms with Crippen LogP contribution < -0.4 is 4.74 Å². The summed E-state index contributed by atoms with van der Waals surface area (Å²) < 4.78 is 5.18. The van der Waals surface area contributed by atoms with Gasteiger partial charge in [0, 0.05) is 11.8 Å². The summed E-state index contributed by atoms with van der Waals surface area (Å²) in [4.78, 5) is 4.12. The molecule has 76 valence electrons. The molecular formula is C12H10ClNO. The van der Waals surface area contributed by atoms with Crippen LogP contribution in [0.5, 0.6) is 5.88 Å². The Balaban J connectivity index is 2.56. The number of benzene rings is 1. The number of halogens is 1. The van der Waals surface area contributed by atoms with Crippen molar-refractivity contribution in [1.82, 2.24) is 4.98 Å². The molecule has 0 radical (unpaired) electrons. The maximum atomic E-state index is 5.91. The molecule has 0 aliphatic heterocycles. The van der Waals surface area contributed by atoms with Gasteiger partial charge in [0.15, 0.2) is 0 Å². The van der Waals surface area contributed by atoms with Crippen LogP contribution in [-0.2, 0) is 0 Å². The third-order valence-electron chi connectivity index (χ3n) is 2.10. The molecule has 0 saturated carbocycles. The first kappa shape index (κ1) is 9.99. The summed E-state index contributed by atoms with van der Waals surface area (Å²) in [5.41, 5.74) is 1.95. The van der Waals surface area contributed by atoms with Gasteiger partial charge in [0.2, 0.25) is 5.88 Å². The van der Waals surface area contributed by atoms with Gasteiger partial charge in [-0.25, -0.2) is 4.98 Å². The molecule has 1 heterocycles. The lowest BCUT2D eigenvalue weighted by Gasteiger charge is -2.07. The van der Waals surface area contributed by atoms with Gasteiger partial charge in [-0.1, -0.05) is 41.9 Å². The van der Waals surface area contributed by atoms with Crippen LogP contribution in [0.4, 0.5) is 0 Å². The molecule has 2 rings (SSSR count). The fourth-order valence-corrected chi connectivity index (χ4v) is 1.57. The van der Waals surface area contributed by atoms with E-state index < -0.39 is 0 Å². The number of hydrogen-bond donors (Lipinski definition) is 0. The number of aromatic nitrogens is 1. The Morgan fingerprint density at radius 2 is 1.93 bits per heavy atom. The van der Waals surface area contributed by atoms with Crippen LogP contribution in [-0.4, -0.2) is 12.1 Å². The minimum atomic E-state index is 0.589. The highest BCUT2D eigenvalue weighted by Gasteiger charge is 2.06. The van der Waals surface area contributed by atoms with Crippen LogP contribution >= 0.6 is 11.6 Å². The molecule has 1 aromatic carbocycles. The molecular weight excluding hydrogens is 210 g/mol. The first-order chi connectivity index (χ1) is 7.31. The van der Waals surface area contributed by atoms with E-state index in [-0.39, 0.29) is 0 Å². The van der Waals surface area contributed by atoms with E-state index in [4.69, 9.17) is 16.3 Å². The predicted molar refractivity (Wildman–Crippen MR) is 61.2 cm³/mol. The second kappa shape index (κ2) is 4.32. The summed E-state index contributed by atoms with van der Waals surface area (Å²) in [5, 5.41) is 0.606. The van der Waals surface area contributed by atoms with Gasteiger partial charge in [-0.3, -0.25) is 0 Å². The van der Waals surface area contributed by atoms with Gasteiger partial charge in [-0.15, -0.1) is 0 Å². The normalized spacial score (nSPS) is 10.0. The molecule has 0 N–H and O–H groups in total. The molecule has 0 spiro atoms. The number of ether oxygens (including phenoxy) is 1. The van der Waals surface area contributed by atoms with Crippen LogP contribution in [0.15, 0.2) is 42.6 Å². The van der Waals surface area contributed by atoms with E-state index in [2.05, 4.69) is 4.98 Å². The standard InChI is InChI=1S/C12H10ClNO/c1-15-12-11(7-10(13)8-14-12)9-5-3-2-4-6-9/h2-8H,1H3. The summed E-state index contributed by atoms with van der Waals surface area (Å²) in [6.07, 6.45) is 1.58. The fraction of sp³-hybridized carbons (Fsp3) is 0.0833. The van der Waals surface area contributed by atoms with Crippen LogP contribution in [0, 0.1) is 0 Å². The predicted octanol–water partition coefficient (Wildman–Crippen LogP) is 3.41. The molecule has 0 aliphatic carbocycles. The molecule has 15 heavy (non-hydrogen) atoms. The summed E-state index contributed by atoms with van der Waals surface area (Å²) in [7, 11) is 1.60. The largest absolute Gasteiger partial charge is 0.481 e. The third-order valence-corrected chi connectivity index (χ3v) is 2.30. The number of hydrogen-bond acceptors (Lipinski definition) is 2. The topological polar surface area (TPSA) is 22.1 Å². The van der Waals surface area contributed by atoms with Crippen molar-refractivity contribution >= 4 is 11.6 Å². The highest BCUT2D eigenvalue weighted by Crippen LogP contribution is 2.29. The molecule has 0 fully saturated rings. The van der Waals surface area contributed by atoms with E-state index in [1.54, 1.807) is 13.3 Å². The average Bonchev–Trinajstić information content (AvgIpc) is 2.30. The smallest absolute Gasteiger partial charge is 0.221 e. The molecule has 2 aromatic rings. The fourth-order valence-electron chi connectivity index (χ4n) is 1.41. The van der Waals surface area contributed by atoms with Gasteiger partial charge in [0.25, 0.3) is 0 Å². The number of methoxy groups -OCH3 is 1. The van der Waals surface area contributed by atoms with Crippen molar-refractivity contribution in [3.8, 4) is 17.0 Å². The Bertz CT molecular complexity index is 456. The first-order valence-electron chi connectivity index (χ1n) is 4.56. The van der Waals surface area contributed by atoms with Crippen LogP contribution in [0.1, 0.15) is 0 Å². The van der Waals surface area contributed by atoms with E-state index in [0.29, 0.717) is 10.9 Å². The van der Waals surface area contributed by atoms with Gasteiger partial charge >= 0.3 is 0 Å². The van der Waals surface area contributed by atoms with Crippen molar-refractivity contribution in [2.75, 3.05) is 7.11 Å². The molecule has 3 heteroatoms. The van der Waals surface area contributed by atoms with Crippen molar-refractivity contribution < 1.29 is 4.74 Å². The minimum Gasteiger partial charge on any atom is -0.481 e. The lowest BCUT2D eigenvalue weighted by Crippen LogP contribution is -1.91. The molecule has 1 aromatic heterocycles. The quantitative estimate of drug-likeness (QED) is 0.772. The highest BCUT2D eigenvalue weighted by atomic mass is 35.5. The monoisotopic (exact) mass is 219 g/mol. The summed E-state index contributed by atoms with van der Waals surface area (Å²) >= 11 is 5.91. The van der Waals surface area contributed by atoms with Crippen molar-refractivity contribution in [3.05, 3.63) is 47.6 Å². The number of rotatable bonds is 2. The molecule has 0 bridgehead atoms. The van der Waals surface area contributed by atoms with Crippen LogP contribution in [0.3, 0.4) is 0 Å². The molecule has 0 saturated heterocycles. The SMILES string of the molecule is COc1ncc(Cl)cc1-c1ccccc1.